The van der Waals surface area contributed by atoms with Crippen LogP contribution in [0.15, 0.2) is 42.0 Å². The smallest absolute Gasteiger partial charge is 0.253 e. The third-order valence-corrected chi connectivity index (χ3v) is 3.33. The summed E-state index contributed by atoms with van der Waals surface area (Å²) in [7, 11) is 0. The Kier molecular flexibility index (Phi) is 4.15. The van der Waals surface area contributed by atoms with Crippen molar-refractivity contribution in [3.05, 3.63) is 47.5 Å². The highest BCUT2D eigenvalue weighted by Crippen LogP contribution is 2.21. The SMILES string of the molecule is CC(NC(=O)[C@H](O)C1=CCCC1)c1ccccc1. The third-order valence-electron chi connectivity index (χ3n) is 3.33. The van der Waals surface area contributed by atoms with Gasteiger partial charge >= 0.3 is 0 Å². The number of aliphatic hydroxyl groups is 1. The van der Waals surface area contributed by atoms with Gasteiger partial charge in [-0.1, -0.05) is 36.4 Å². The summed E-state index contributed by atoms with van der Waals surface area (Å²) < 4.78 is 0. The molecule has 2 rings (SSSR count). The minimum Gasteiger partial charge on any atom is -0.379 e. The Morgan fingerprint density at radius 3 is 2.67 bits per heavy atom. The molecule has 1 aliphatic rings. The van der Waals surface area contributed by atoms with Gasteiger partial charge in [0.15, 0.2) is 6.10 Å². The van der Waals surface area contributed by atoms with Crippen molar-refractivity contribution >= 4 is 5.91 Å². The fourth-order valence-corrected chi connectivity index (χ4v) is 2.23. The van der Waals surface area contributed by atoms with Crippen molar-refractivity contribution < 1.29 is 9.90 Å². The molecular weight excluding hydrogens is 226 g/mol. The Hall–Kier alpha value is -1.61. The molecule has 3 heteroatoms. The van der Waals surface area contributed by atoms with E-state index in [0.29, 0.717) is 0 Å². The van der Waals surface area contributed by atoms with Gasteiger partial charge in [-0.05, 0) is 37.3 Å². The average Bonchev–Trinajstić information content (AvgIpc) is 2.92. The van der Waals surface area contributed by atoms with Crippen molar-refractivity contribution in [3.8, 4) is 0 Å². The number of carbonyl (C=O) groups is 1. The second kappa shape index (κ2) is 5.83. The maximum Gasteiger partial charge on any atom is 0.253 e. The Morgan fingerprint density at radius 1 is 1.33 bits per heavy atom. The molecule has 1 unspecified atom stereocenters. The lowest BCUT2D eigenvalue weighted by atomic mass is 10.1. The van der Waals surface area contributed by atoms with Gasteiger partial charge in [0.25, 0.3) is 5.91 Å². The molecule has 0 saturated heterocycles. The van der Waals surface area contributed by atoms with Crippen molar-refractivity contribution in [2.24, 2.45) is 0 Å². The molecule has 0 bridgehead atoms. The van der Waals surface area contributed by atoms with Gasteiger partial charge in [-0.15, -0.1) is 0 Å². The molecule has 1 aromatic carbocycles. The van der Waals surface area contributed by atoms with Crippen LogP contribution in [0.25, 0.3) is 0 Å². The molecule has 0 aliphatic heterocycles. The van der Waals surface area contributed by atoms with Gasteiger partial charge < -0.3 is 10.4 Å². The second-order valence-electron chi connectivity index (χ2n) is 4.71. The zero-order chi connectivity index (χ0) is 13.0. The molecule has 3 nitrogen and oxygen atoms in total. The first-order valence-electron chi connectivity index (χ1n) is 6.41. The molecule has 1 aliphatic carbocycles. The fourth-order valence-electron chi connectivity index (χ4n) is 2.23. The van der Waals surface area contributed by atoms with E-state index in [9.17, 15) is 9.90 Å². The molecule has 0 spiro atoms. The number of allylic oxidation sites excluding steroid dienone is 1. The minimum absolute atomic E-state index is 0.0876. The number of rotatable bonds is 4. The summed E-state index contributed by atoms with van der Waals surface area (Å²) in [6.07, 6.45) is 3.81. The van der Waals surface area contributed by atoms with Crippen LogP contribution in [-0.2, 0) is 4.79 Å². The van der Waals surface area contributed by atoms with Crippen LogP contribution in [-0.4, -0.2) is 17.1 Å². The van der Waals surface area contributed by atoms with E-state index in [1.807, 2.05) is 43.3 Å². The van der Waals surface area contributed by atoms with Crippen LogP contribution in [0.1, 0.15) is 37.8 Å². The van der Waals surface area contributed by atoms with Gasteiger partial charge in [0, 0.05) is 0 Å². The van der Waals surface area contributed by atoms with Crippen LogP contribution in [0.3, 0.4) is 0 Å². The van der Waals surface area contributed by atoms with Crippen LogP contribution in [0.2, 0.25) is 0 Å². The molecule has 2 atom stereocenters. The number of carbonyl (C=O) groups excluding carboxylic acids is 1. The highest BCUT2D eigenvalue weighted by atomic mass is 16.3. The lowest BCUT2D eigenvalue weighted by Gasteiger charge is -2.18. The highest BCUT2D eigenvalue weighted by molar-refractivity contribution is 5.84. The molecule has 0 radical (unpaired) electrons. The summed E-state index contributed by atoms with van der Waals surface area (Å²) in [5.41, 5.74) is 1.89. The van der Waals surface area contributed by atoms with E-state index in [-0.39, 0.29) is 11.9 Å². The van der Waals surface area contributed by atoms with Crippen LogP contribution in [0.4, 0.5) is 0 Å². The molecule has 0 saturated carbocycles. The summed E-state index contributed by atoms with van der Waals surface area (Å²) in [6, 6.07) is 9.66. The predicted octanol–water partition coefficient (Wildman–Crippen LogP) is 2.33. The number of benzene rings is 1. The Morgan fingerprint density at radius 2 is 2.06 bits per heavy atom. The van der Waals surface area contributed by atoms with E-state index in [0.717, 1.165) is 30.4 Å². The van der Waals surface area contributed by atoms with Crippen LogP contribution in [0.5, 0.6) is 0 Å². The molecule has 1 aromatic rings. The van der Waals surface area contributed by atoms with E-state index in [1.54, 1.807) is 0 Å². The monoisotopic (exact) mass is 245 g/mol. The van der Waals surface area contributed by atoms with Gasteiger partial charge in [0.1, 0.15) is 0 Å². The van der Waals surface area contributed by atoms with E-state index >= 15 is 0 Å². The largest absolute Gasteiger partial charge is 0.379 e. The number of hydrogen-bond donors (Lipinski definition) is 2. The van der Waals surface area contributed by atoms with E-state index in [2.05, 4.69) is 5.32 Å². The first kappa shape index (κ1) is 12.8. The summed E-state index contributed by atoms with van der Waals surface area (Å²) >= 11 is 0. The summed E-state index contributed by atoms with van der Waals surface area (Å²) in [5, 5.41) is 12.8. The first-order chi connectivity index (χ1) is 8.68. The maximum absolute atomic E-state index is 11.9. The van der Waals surface area contributed by atoms with Crippen molar-refractivity contribution in [3.63, 3.8) is 0 Å². The van der Waals surface area contributed by atoms with Crippen LogP contribution in [0, 0.1) is 0 Å². The third kappa shape index (κ3) is 2.99. The van der Waals surface area contributed by atoms with Gasteiger partial charge in [0.2, 0.25) is 0 Å². The van der Waals surface area contributed by atoms with Crippen LogP contribution >= 0.6 is 0 Å². The van der Waals surface area contributed by atoms with Crippen molar-refractivity contribution in [2.75, 3.05) is 0 Å². The van der Waals surface area contributed by atoms with Crippen molar-refractivity contribution in [1.29, 1.82) is 0 Å². The molecule has 96 valence electrons. The van der Waals surface area contributed by atoms with Gasteiger partial charge in [0.05, 0.1) is 6.04 Å². The average molecular weight is 245 g/mol. The number of amides is 1. The van der Waals surface area contributed by atoms with Gasteiger partial charge in [-0.25, -0.2) is 0 Å². The molecular formula is C15H19NO2. The number of nitrogens with one attached hydrogen (secondary N) is 1. The minimum atomic E-state index is -0.987. The zero-order valence-corrected chi connectivity index (χ0v) is 10.6. The normalized spacial score (nSPS) is 18.0. The number of aliphatic hydroxyl groups excluding tert-OH is 1. The predicted molar refractivity (Wildman–Crippen MR) is 70.9 cm³/mol. The Labute approximate surface area is 108 Å². The summed E-state index contributed by atoms with van der Waals surface area (Å²) in [5.74, 6) is -0.306. The molecule has 2 N–H and O–H groups in total. The number of hydrogen-bond acceptors (Lipinski definition) is 2. The summed E-state index contributed by atoms with van der Waals surface area (Å²) in [4.78, 5) is 11.9. The van der Waals surface area contributed by atoms with E-state index in [4.69, 9.17) is 0 Å². The fraction of sp³-hybridized carbons (Fsp3) is 0.400. The molecule has 0 heterocycles. The molecule has 18 heavy (non-hydrogen) atoms. The molecule has 1 amide bonds. The Balaban J connectivity index is 1.95. The standard InChI is InChI=1S/C15H19NO2/c1-11(12-7-3-2-4-8-12)16-15(18)14(17)13-9-5-6-10-13/h2-4,7-9,11,14,17H,5-6,10H2,1H3,(H,16,18)/t11?,14-/m1/s1. The maximum atomic E-state index is 11.9. The van der Waals surface area contributed by atoms with E-state index in [1.165, 1.54) is 0 Å². The zero-order valence-electron chi connectivity index (χ0n) is 10.6. The van der Waals surface area contributed by atoms with Gasteiger partial charge in [-0.2, -0.15) is 0 Å². The van der Waals surface area contributed by atoms with Gasteiger partial charge in [-0.3, -0.25) is 4.79 Å². The summed E-state index contributed by atoms with van der Waals surface area (Å²) in [6.45, 7) is 1.92. The van der Waals surface area contributed by atoms with Crippen LogP contribution < -0.4 is 5.32 Å². The lowest BCUT2D eigenvalue weighted by molar-refractivity contribution is -0.128. The first-order valence-corrected chi connectivity index (χ1v) is 6.41. The quantitative estimate of drug-likeness (QED) is 0.800. The topological polar surface area (TPSA) is 49.3 Å². The van der Waals surface area contributed by atoms with E-state index < -0.39 is 6.10 Å². The Bertz CT molecular complexity index is 439. The second-order valence-corrected chi connectivity index (χ2v) is 4.71. The van der Waals surface area contributed by atoms with Crippen molar-refractivity contribution in [1.82, 2.24) is 5.32 Å². The van der Waals surface area contributed by atoms with Crippen molar-refractivity contribution in [2.45, 2.75) is 38.3 Å². The molecule has 0 fully saturated rings. The molecule has 0 aromatic heterocycles. The highest BCUT2D eigenvalue weighted by Gasteiger charge is 2.23. The lowest BCUT2D eigenvalue weighted by Crippen LogP contribution is -2.37.